The van der Waals surface area contributed by atoms with Gasteiger partial charge >= 0.3 is 0 Å². The number of rotatable bonds is 2. The van der Waals surface area contributed by atoms with Gasteiger partial charge in [0.1, 0.15) is 16.4 Å². The maximum atomic E-state index is 13.4. The van der Waals surface area contributed by atoms with Gasteiger partial charge in [0.2, 0.25) is 0 Å². The minimum absolute atomic E-state index is 0.0432. The predicted octanol–water partition coefficient (Wildman–Crippen LogP) is 5.77. The molecule has 4 rings (SSSR count). The summed E-state index contributed by atoms with van der Waals surface area (Å²) in [6.45, 7) is 0. The molecule has 1 aliphatic carbocycles. The lowest BCUT2D eigenvalue weighted by molar-refractivity contribution is 0.0692. The minimum Gasteiger partial charge on any atom is -0.271 e. The molecule has 1 saturated carbocycles. The van der Waals surface area contributed by atoms with Gasteiger partial charge in [0.05, 0.1) is 0 Å². The molecule has 0 atom stereocenters. The highest BCUT2D eigenvalue weighted by Gasteiger charge is 2.48. The topological polar surface area (TPSA) is 32.7 Å². The molecule has 138 valence electrons. The highest BCUT2D eigenvalue weighted by atomic mass is 79.9. The van der Waals surface area contributed by atoms with E-state index in [1.807, 2.05) is 54.6 Å². The predicted molar refractivity (Wildman–Crippen MR) is 116 cm³/mol. The zero-order valence-electron chi connectivity index (χ0n) is 15.0. The van der Waals surface area contributed by atoms with Crippen LogP contribution in [0.5, 0.6) is 0 Å². The van der Waals surface area contributed by atoms with Crippen molar-refractivity contribution in [3.05, 3.63) is 70.2 Å². The first kappa shape index (κ1) is 18.5. The Labute approximate surface area is 173 Å². The van der Waals surface area contributed by atoms with Gasteiger partial charge in [-0.3, -0.25) is 14.7 Å². The van der Waals surface area contributed by atoms with E-state index in [1.165, 1.54) is 12.8 Å². The van der Waals surface area contributed by atoms with Crippen LogP contribution in [0.4, 0.5) is 0 Å². The molecule has 1 spiro atoms. The monoisotopic (exact) mass is 440 g/mol. The zero-order valence-corrected chi connectivity index (χ0v) is 17.4. The molecule has 2 aliphatic rings. The van der Waals surface area contributed by atoms with Gasteiger partial charge in [-0.15, -0.1) is 0 Å². The number of hydrogen-bond donors (Lipinski definition) is 0. The van der Waals surface area contributed by atoms with Gasteiger partial charge in [0.15, 0.2) is 0 Å². The maximum absolute atomic E-state index is 13.4. The summed E-state index contributed by atoms with van der Waals surface area (Å²) in [5, 5.41) is 0. The molecule has 1 aliphatic heterocycles. The lowest BCUT2D eigenvalue weighted by atomic mass is 9.99. The molecular weight excluding hydrogens is 420 g/mol. The summed E-state index contributed by atoms with van der Waals surface area (Å²) < 4.78 is 1.01. The third-order valence-corrected chi connectivity index (χ3v) is 6.29. The fraction of sp³-hybridized carbons (Fsp3) is 0.318. The van der Waals surface area contributed by atoms with Crippen molar-refractivity contribution in [3.8, 4) is 0 Å². The maximum Gasteiger partial charge on any atom is 0.260 e. The first-order chi connectivity index (χ1) is 13.1. The first-order valence-electron chi connectivity index (χ1n) is 9.40. The molecule has 0 N–H and O–H groups in total. The molecule has 1 amide bonds. The fourth-order valence-electron chi connectivity index (χ4n) is 4.02. The molecule has 3 nitrogen and oxygen atoms in total. The molecule has 0 radical (unpaired) electrons. The van der Waals surface area contributed by atoms with Crippen LogP contribution >= 0.6 is 28.1 Å². The Morgan fingerprint density at radius 2 is 1.59 bits per heavy atom. The van der Waals surface area contributed by atoms with Crippen molar-refractivity contribution in [2.24, 2.45) is 4.99 Å². The van der Waals surface area contributed by atoms with Crippen molar-refractivity contribution in [2.75, 3.05) is 0 Å². The first-order valence-corrected chi connectivity index (χ1v) is 10.6. The van der Waals surface area contributed by atoms with Crippen molar-refractivity contribution in [1.29, 1.82) is 0 Å². The average molecular weight is 441 g/mol. The second-order valence-electron chi connectivity index (χ2n) is 7.18. The molecule has 2 aromatic rings. The Hall–Kier alpha value is -1.85. The Kier molecular flexibility index (Phi) is 5.24. The Balaban J connectivity index is 1.78. The van der Waals surface area contributed by atoms with E-state index in [0.29, 0.717) is 10.6 Å². The number of aliphatic imine (C=N–C) groups is 1. The zero-order chi connectivity index (χ0) is 18.9. The second kappa shape index (κ2) is 7.64. The average Bonchev–Trinajstić information content (AvgIpc) is 2.83. The van der Waals surface area contributed by atoms with Crippen molar-refractivity contribution < 1.29 is 4.79 Å². The molecular formula is C22H21BrN2OS. The number of amides is 1. The highest BCUT2D eigenvalue weighted by molar-refractivity contribution is 9.10. The van der Waals surface area contributed by atoms with Crippen molar-refractivity contribution in [2.45, 2.75) is 44.2 Å². The summed E-state index contributed by atoms with van der Waals surface area (Å²) in [4.78, 5) is 20.9. The molecule has 1 fully saturated rings. The van der Waals surface area contributed by atoms with E-state index in [9.17, 15) is 4.79 Å². The Morgan fingerprint density at radius 3 is 2.22 bits per heavy atom. The number of carbonyl (C=O) groups excluding carboxylic acids is 1. The quantitative estimate of drug-likeness (QED) is 0.554. The summed E-state index contributed by atoms with van der Waals surface area (Å²) in [5.41, 5.74) is 1.86. The van der Waals surface area contributed by atoms with Crippen molar-refractivity contribution >= 4 is 44.8 Å². The molecule has 5 heteroatoms. The van der Waals surface area contributed by atoms with E-state index in [2.05, 4.69) is 15.9 Å². The number of nitrogens with zero attached hydrogens (tertiary/aromatic N) is 2. The number of thiocarbonyl (C=S) groups is 1. The molecule has 2 aromatic carbocycles. The normalized spacial score (nSPS) is 19.1. The van der Waals surface area contributed by atoms with E-state index in [0.717, 1.165) is 41.4 Å². The molecule has 0 saturated heterocycles. The SMILES string of the molecule is O=C(c1ccccc1)N1C(=S)C(c2ccc(Br)cc2)=NC12CCCCCC2. The van der Waals surface area contributed by atoms with Crippen LogP contribution in [-0.4, -0.2) is 27.2 Å². The van der Waals surface area contributed by atoms with Gasteiger partial charge in [-0.05, 0) is 49.9 Å². The van der Waals surface area contributed by atoms with Crippen LogP contribution in [0, 0.1) is 0 Å². The van der Waals surface area contributed by atoms with Gasteiger partial charge in [-0.2, -0.15) is 0 Å². The lowest BCUT2D eigenvalue weighted by Crippen LogP contribution is -2.49. The third kappa shape index (κ3) is 3.50. The van der Waals surface area contributed by atoms with E-state index < -0.39 is 5.66 Å². The van der Waals surface area contributed by atoms with E-state index in [-0.39, 0.29) is 5.91 Å². The summed E-state index contributed by atoms with van der Waals surface area (Å²) in [6, 6.07) is 17.4. The third-order valence-electron chi connectivity index (χ3n) is 5.39. The number of benzene rings is 2. The molecule has 0 unspecified atom stereocenters. The van der Waals surface area contributed by atoms with Crippen LogP contribution in [-0.2, 0) is 0 Å². The van der Waals surface area contributed by atoms with Gasteiger partial charge in [0.25, 0.3) is 5.91 Å². The highest BCUT2D eigenvalue weighted by Crippen LogP contribution is 2.40. The Bertz CT molecular complexity index is 884. The van der Waals surface area contributed by atoms with Crippen LogP contribution < -0.4 is 0 Å². The molecule has 1 heterocycles. The summed E-state index contributed by atoms with van der Waals surface area (Å²) in [5.74, 6) is -0.0432. The standard InChI is InChI=1S/C22H21BrN2OS/c23-18-12-10-16(11-13-18)19-21(27)25(20(26)17-8-4-3-5-9-17)22(24-19)14-6-1-2-7-15-22/h3-5,8-13H,1-2,6-7,14-15H2. The largest absolute Gasteiger partial charge is 0.271 e. The minimum atomic E-state index is -0.539. The number of carbonyl (C=O) groups is 1. The molecule has 0 bridgehead atoms. The molecule has 27 heavy (non-hydrogen) atoms. The van der Waals surface area contributed by atoms with Gasteiger partial charge in [0, 0.05) is 15.6 Å². The number of hydrogen-bond acceptors (Lipinski definition) is 3. The van der Waals surface area contributed by atoms with Gasteiger partial charge < -0.3 is 0 Å². The number of halogens is 1. The fourth-order valence-corrected chi connectivity index (χ4v) is 4.70. The van der Waals surface area contributed by atoms with Crippen LogP contribution in [0.25, 0.3) is 0 Å². The van der Waals surface area contributed by atoms with Crippen LogP contribution in [0.1, 0.15) is 54.4 Å². The van der Waals surface area contributed by atoms with Crippen molar-refractivity contribution in [3.63, 3.8) is 0 Å². The van der Waals surface area contributed by atoms with Crippen LogP contribution in [0.2, 0.25) is 0 Å². The molecule has 0 aromatic heterocycles. The lowest BCUT2D eigenvalue weighted by Gasteiger charge is -2.35. The van der Waals surface area contributed by atoms with Gasteiger partial charge in [-0.25, -0.2) is 0 Å². The summed E-state index contributed by atoms with van der Waals surface area (Å²) in [6.07, 6.45) is 6.24. The van der Waals surface area contributed by atoms with E-state index >= 15 is 0 Å². The van der Waals surface area contributed by atoms with Crippen LogP contribution in [0.3, 0.4) is 0 Å². The van der Waals surface area contributed by atoms with E-state index in [1.54, 1.807) is 4.90 Å². The summed E-state index contributed by atoms with van der Waals surface area (Å²) in [7, 11) is 0. The van der Waals surface area contributed by atoms with Crippen LogP contribution in [0.15, 0.2) is 64.1 Å². The second-order valence-corrected chi connectivity index (χ2v) is 8.48. The van der Waals surface area contributed by atoms with Crippen molar-refractivity contribution in [1.82, 2.24) is 4.90 Å². The Morgan fingerprint density at radius 1 is 0.963 bits per heavy atom. The summed E-state index contributed by atoms with van der Waals surface area (Å²) >= 11 is 9.29. The van der Waals surface area contributed by atoms with Gasteiger partial charge in [-0.1, -0.05) is 71.3 Å². The smallest absolute Gasteiger partial charge is 0.260 e. The van der Waals surface area contributed by atoms with E-state index in [4.69, 9.17) is 17.2 Å².